The van der Waals surface area contributed by atoms with Crippen LogP contribution in [-0.4, -0.2) is 22.3 Å². The molecule has 0 atom stereocenters. The van der Waals surface area contributed by atoms with Gasteiger partial charge >= 0.3 is 0 Å². The molecule has 0 spiro atoms. The fourth-order valence-corrected chi connectivity index (χ4v) is 0.829. The highest BCUT2D eigenvalue weighted by Crippen LogP contribution is 1.88. The smallest absolute Gasteiger partial charge is 0.216 e. The Labute approximate surface area is 84.3 Å². The van der Waals surface area contributed by atoms with Crippen LogP contribution >= 0.6 is 12.4 Å². The van der Waals surface area contributed by atoms with Crippen molar-refractivity contribution >= 4 is 18.4 Å². The van der Waals surface area contributed by atoms with Gasteiger partial charge in [-0.1, -0.05) is 13.3 Å². The van der Waals surface area contributed by atoms with E-state index in [1.165, 1.54) is 0 Å². The molecule has 1 aromatic rings. The van der Waals surface area contributed by atoms with Crippen molar-refractivity contribution in [1.82, 2.24) is 9.78 Å². The fourth-order valence-electron chi connectivity index (χ4n) is 0.829. The molecule has 13 heavy (non-hydrogen) atoms. The van der Waals surface area contributed by atoms with E-state index < -0.39 is 0 Å². The molecule has 4 nitrogen and oxygen atoms in total. The highest BCUT2D eigenvalue weighted by molar-refractivity contribution is 5.85. The molecular formula is C8H15ClN4. The lowest BCUT2D eigenvalue weighted by molar-refractivity contribution is 0.794. The molecule has 0 aliphatic carbocycles. The van der Waals surface area contributed by atoms with E-state index >= 15 is 0 Å². The standard InChI is InChI=1S/C8H14N4.ClH/c1-2-3-5-10-8(9)12-7-4-6-11-12;/h4,6-7H,2-3,5H2,1H3,(H2,9,10);1H. The van der Waals surface area contributed by atoms with Crippen LogP contribution in [0, 0.1) is 0 Å². The summed E-state index contributed by atoms with van der Waals surface area (Å²) in [6.07, 6.45) is 5.67. The van der Waals surface area contributed by atoms with Gasteiger partial charge in [0.2, 0.25) is 5.96 Å². The van der Waals surface area contributed by atoms with Crippen LogP contribution in [0.5, 0.6) is 0 Å². The Bertz CT molecular complexity index is 243. The lowest BCUT2D eigenvalue weighted by Crippen LogP contribution is -2.23. The Morgan fingerprint density at radius 3 is 2.92 bits per heavy atom. The number of hydrogen-bond acceptors (Lipinski definition) is 2. The molecule has 5 heteroatoms. The molecular weight excluding hydrogens is 188 g/mol. The van der Waals surface area contributed by atoms with Crippen molar-refractivity contribution in [3.8, 4) is 0 Å². The predicted octanol–water partition coefficient (Wildman–Crippen LogP) is 1.27. The van der Waals surface area contributed by atoms with Crippen LogP contribution in [0.4, 0.5) is 0 Å². The third-order valence-corrected chi connectivity index (χ3v) is 1.52. The summed E-state index contributed by atoms with van der Waals surface area (Å²) in [5.74, 6) is 0.466. The monoisotopic (exact) mass is 202 g/mol. The maximum Gasteiger partial charge on any atom is 0.216 e. The number of nitrogens with zero attached hydrogens (tertiary/aromatic N) is 3. The van der Waals surface area contributed by atoms with Crippen LogP contribution in [0.3, 0.4) is 0 Å². The quantitative estimate of drug-likeness (QED) is 0.456. The molecule has 0 aliphatic rings. The van der Waals surface area contributed by atoms with Crippen LogP contribution in [0.25, 0.3) is 0 Å². The maximum atomic E-state index is 5.63. The third-order valence-electron chi connectivity index (χ3n) is 1.52. The Hall–Kier alpha value is -1.03. The van der Waals surface area contributed by atoms with E-state index in [4.69, 9.17) is 5.73 Å². The molecule has 0 aromatic carbocycles. The van der Waals surface area contributed by atoms with Crippen LogP contribution in [0.15, 0.2) is 23.5 Å². The molecule has 2 N–H and O–H groups in total. The Morgan fingerprint density at radius 1 is 1.62 bits per heavy atom. The van der Waals surface area contributed by atoms with Gasteiger partial charge in [0, 0.05) is 18.9 Å². The van der Waals surface area contributed by atoms with Gasteiger partial charge in [0.25, 0.3) is 0 Å². The van der Waals surface area contributed by atoms with Gasteiger partial charge in [-0.3, -0.25) is 4.99 Å². The minimum Gasteiger partial charge on any atom is -0.368 e. The summed E-state index contributed by atoms with van der Waals surface area (Å²) in [5, 5.41) is 3.96. The normalized spacial score (nSPS) is 11.0. The van der Waals surface area contributed by atoms with Gasteiger partial charge in [0.05, 0.1) is 0 Å². The topological polar surface area (TPSA) is 56.2 Å². The molecule has 0 saturated heterocycles. The van der Waals surface area contributed by atoms with Crippen LogP contribution in [0.1, 0.15) is 19.8 Å². The summed E-state index contributed by atoms with van der Waals surface area (Å²) < 4.78 is 1.57. The van der Waals surface area contributed by atoms with Gasteiger partial charge in [-0.2, -0.15) is 5.10 Å². The van der Waals surface area contributed by atoms with E-state index in [2.05, 4.69) is 17.0 Å². The summed E-state index contributed by atoms with van der Waals surface area (Å²) in [6, 6.07) is 1.82. The first-order chi connectivity index (χ1) is 5.84. The molecule has 0 radical (unpaired) electrons. The first-order valence-electron chi connectivity index (χ1n) is 4.14. The van der Waals surface area contributed by atoms with Crippen molar-refractivity contribution in [2.24, 2.45) is 10.7 Å². The number of rotatable bonds is 3. The molecule has 0 unspecified atom stereocenters. The molecule has 0 saturated carbocycles. The van der Waals surface area contributed by atoms with E-state index in [1.807, 2.05) is 6.07 Å². The van der Waals surface area contributed by atoms with Crippen LogP contribution < -0.4 is 5.73 Å². The predicted molar refractivity (Wildman–Crippen MR) is 56.3 cm³/mol. The van der Waals surface area contributed by atoms with Gasteiger partial charge in [-0.05, 0) is 12.5 Å². The summed E-state index contributed by atoms with van der Waals surface area (Å²) >= 11 is 0. The largest absolute Gasteiger partial charge is 0.368 e. The average molecular weight is 203 g/mol. The average Bonchev–Trinajstić information content (AvgIpc) is 2.56. The van der Waals surface area contributed by atoms with E-state index in [0.717, 1.165) is 19.4 Å². The van der Waals surface area contributed by atoms with Crippen molar-refractivity contribution < 1.29 is 0 Å². The van der Waals surface area contributed by atoms with Crippen LogP contribution in [0.2, 0.25) is 0 Å². The highest BCUT2D eigenvalue weighted by Gasteiger charge is 1.93. The second-order valence-electron chi connectivity index (χ2n) is 2.54. The van der Waals surface area contributed by atoms with Gasteiger partial charge < -0.3 is 5.73 Å². The number of halogens is 1. The van der Waals surface area contributed by atoms with Crippen molar-refractivity contribution in [3.05, 3.63) is 18.5 Å². The number of aromatic nitrogens is 2. The zero-order valence-electron chi connectivity index (χ0n) is 7.68. The summed E-state index contributed by atoms with van der Waals surface area (Å²) in [4.78, 5) is 4.15. The van der Waals surface area contributed by atoms with Gasteiger partial charge in [-0.25, -0.2) is 4.68 Å². The maximum absolute atomic E-state index is 5.63. The minimum absolute atomic E-state index is 0. The molecule has 0 aliphatic heterocycles. The summed E-state index contributed by atoms with van der Waals surface area (Å²) in [7, 11) is 0. The Kier molecular flexibility index (Phi) is 5.97. The molecule has 1 heterocycles. The third kappa shape index (κ3) is 3.94. The first-order valence-corrected chi connectivity index (χ1v) is 4.14. The minimum atomic E-state index is 0. The van der Waals surface area contributed by atoms with E-state index in [1.54, 1.807) is 17.1 Å². The summed E-state index contributed by atoms with van der Waals surface area (Å²) in [6.45, 7) is 2.90. The van der Waals surface area contributed by atoms with Crippen molar-refractivity contribution in [2.75, 3.05) is 6.54 Å². The van der Waals surface area contributed by atoms with Crippen molar-refractivity contribution in [1.29, 1.82) is 0 Å². The van der Waals surface area contributed by atoms with E-state index in [0.29, 0.717) is 5.96 Å². The second kappa shape index (κ2) is 6.48. The Balaban J connectivity index is 0.00000144. The zero-order chi connectivity index (χ0) is 8.81. The number of aliphatic imine (C=N–C) groups is 1. The molecule has 0 amide bonds. The fraction of sp³-hybridized carbons (Fsp3) is 0.500. The first kappa shape index (κ1) is 12.0. The molecule has 0 bridgehead atoms. The van der Waals surface area contributed by atoms with Crippen LogP contribution in [-0.2, 0) is 0 Å². The van der Waals surface area contributed by atoms with Gasteiger partial charge in [0.15, 0.2) is 0 Å². The van der Waals surface area contributed by atoms with Gasteiger partial charge in [-0.15, -0.1) is 12.4 Å². The number of nitrogens with two attached hydrogens (primary N) is 1. The second-order valence-corrected chi connectivity index (χ2v) is 2.54. The summed E-state index contributed by atoms with van der Waals surface area (Å²) in [5.41, 5.74) is 5.63. The number of unbranched alkanes of at least 4 members (excludes halogenated alkanes) is 1. The van der Waals surface area contributed by atoms with Crippen molar-refractivity contribution in [2.45, 2.75) is 19.8 Å². The highest BCUT2D eigenvalue weighted by atomic mass is 35.5. The van der Waals surface area contributed by atoms with E-state index in [-0.39, 0.29) is 12.4 Å². The molecule has 0 fully saturated rings. The van der Waals surface area contributed by atoms with Crippen molar-refractivity contribution in [3.63, 3.8) is 0 Å². The molecule has 74 valence electrons. The lowest BCUT2D eigenvalue weighted by Gasteiger charge is -1.98. The molecule has 1 rings (SSSR count). The van der Waals surface area contributed by atoms with Gasteiger partial charge in [0.1, 0.15) is 0 Å². The SMILES string of the molecule is CCCCN=C(N)n1cccn1.Cl. The zero-order valence-corrected chi connectivity index (χ0v) is 8.50. The van der Waals surface area contributed by atoms with E-state index in [9.17, 15) is 0 Å². The Morgan fingerprint density at radius 2 is 2.38 bits per heavy atom. The molecule has 1 aromatic heterocycles. The number of hydrogen-bond donors (Lipinski definition) is 1. The lowest BCUT2D eigenvalue weighted by atomic mass is 10.3.